The van der Waals surface area contributed by atoms with Crippen molar-refractivity contribution in [2.24, 2.45) is 11.3 Å². The minimum atomic E-state index is -0.332. The lowest BCUT2D eigenvalue weighted by Crippen LogP contribution is -2.26. The molecule has 0 saturated heterocycles. The number of carbonyl (C=O) groups is 1. The van der Waals surface area contributed by atoms with Gasteiger partial charge in [-0.3, -0.25) is 0 Å². The van der Waals surface area contributed by atoms with Crippen LogP contribution in [0.15, 0.2) is 35.8 Å². The molecule has 2 aromatic heterocycles. The number of thiazole rings is 1. The van der Waals surface area contributed by atoms with E-state index in [1.165, 1.54) is 28.3 Å². The molecule has 1 N–H and O–H groups in total. The van der Waals surface area contributed by atoms with Crippen molar-refractivity contribution >= 4 is 39.2 Å². The monoisotopic (exact) mass is 509 g/mol. The number of esters is 1. The maximum absolute atomic E-state index is 13.2. The van der Waals surface area contributed by atoms with Crippen molar-refractivity contribution < 1.29 is 13.9 Å². The Hall–Kier alpha value is -3.02. The van der Waals surface area contributed by atoms with Crippen molar-refractivity contribution in [3.63, 3.8) is 0 Å². The van der Waals surface area contributed by atoms with E-state index in [1.54, 1.807) is 36.6 Å². The quantitative estimate of drug-likeness (QED) is 0.278. The number of hydrogen-bond acceptors (Lipinski definition) is 7. The second kappa shape index (κ2) is 10.3. The van der Waals surface area contributed by atoms with Crippen LogP contribution >= 0.6 is 22.7 Å². The zero-order valence-corrected chi connectivity index (χ0v) is 21.9. The first-order valence-corrected chi connectivity index (χ1v) is 13.3. The lowest BCUT2D eigenvalue weighted by Gasteiger charge is -2.33. The van der Waals surface area contributed by atoms with Crippen molar-refractivity contribution in [1.82, 2.24) is 4.98 Å². The Kier molecular flexibility index (Phi) is 7.39. The van der Waals surface area contributed by atoms with E-state index in [0.29, 0.717) is 39.4 Å². The van der Waals surface area contributed by atoms with Crippen LogP contribution in [0.4, 0.5) is 9.39 Å². The normalized spacial score (nSPS) is 15.9. The summed E-state index contributed by atoms with van der Waals surface area (Å²) in [4.78, 5) is 18.6. The van der Waals surface area contributed by atoms with Gasteiger partial charge in [-0.1, -0.05) is 20.8 Å². The molecule has 35 heavy (non-hydrogen) atoms. The number of hydrogen-bond donors (Lipinski definition) is 1. The van der Waals surface area contributed by atoms with Gasteiger partial charge in [0.05, 0.1) is 17.9 Å². The molecule has 0 amide bonds. The molecule has 1 aromatic carbocycles. The summed E-state index contributed by atoms with van der Waals surface area (Å²) in [6.45, 7) is 8.89. The number of anilines is 1. The second-order valence-electron chi connectivity index (χ2n) is 9.59. The van der Waals surface area contributed by atoms with Gasteiger partial charge in [0, 0.05) is 22.0 Å². The van der Waals surface area contributed by atoms with Gasteiger partial charge in [-0.05, 0) is 67.3 Å². The number of rotatable bonds is 6. The number of carbonyl (C=O) groups excluding carboxylic acids is 1. The van der Waals surface area contributed by atoms with Crippen LogP contribution in [0.3, 0.4) is 0 Å². The summed E-state index contributed by atoms with van der Waals surface area (Å²) in [7, 11) is 0. The molecule has 0 fully saturated rings. The Labute approximate surface area is 213 Å². The largest absolute Gasteiger partial charge is 0.462 e. The van der Waals surface area contributed by atoms with Gasteiger partial charge in [-0.2, -0.15) is 5.26 Å². The van der Waals surface area contributed by atoms with E-state index < -0.39 is 0 Å². The minimum absolute atomic E-state index is 0.195. The number of nitrogens with zero attached hydrogens (tertiary/aromatic N) is 2. The molecule has 5 nitrogen and oxygen atoms in total. The Bertz CT molecular complexity index is 1290. The summed E-state index contributed by atoms with van der Waals surface area (Å²) < 4.78 is 18.6. The first kappa shape index (κ1) is 25.1. The highest BCUT2D eigenvalue weighted by Crippen LogP contribution is 2.44. The summed E-state index contributed by atoms with van der Waals surface area (Å²) >= 11 is 2.91. The molecule has 0 unspecified atom stereocenters. The standard InChI is InChI=1S/C27H28FN3O2S2/c1-5-33-26(32)23-20-11-8-18(27(2,3)4)12-22(20)35-25(23)30-14-17(13-29)24-31-21(15-34-24)16-6-9-19(28)10-7-16/h6-7,9-10,14-15,18,30H,5,8,11-12H2,1-4H3/b17-14-/t18-/m0/s1. The Morgan fingerprint density at radius 1 is 1.34 bits per heavy atom. The number of nitriles is 1. The summed E-state index contributed by atoms with van der Waals surface area (Å²) in [6, 6.07) is 8.29. The number of aromatic nitrogens is 1. The maximum atomic E-state index is 13.2. The topological polar surface area (TPSA) is 75.0 Å². The first-order chi connectivity index (χ1) is 16.7. The van der Waals surface area contributed by atoms with Crippen LogP contribution in [0.1, 0.15) is 59.9 Å². The summed E-state index contributed by atoms with van der Waals surface area (Å²) in [5.74, 6) is -0.0979. The molecule has 3 aromatic rings. The molecule has 2 heterocycles. The third-order valence-corrected chi connectivity index (χ3v) is 8.37. The lowest BCUT2D eigenvalue weighted by atomic mass is 9.72. The molecular formula is C27H28FN3O2S2. The number of halogens is 1. The van der Waals surface area contributed by atoms with Crippen LogP contribution in [-0.2, 0) is 17.6 Å². The molecule has 0 radical (unpaired) electrons. The number of ether oxygens (including phenoxy) is 1. The molecule has 0 spiro atoms. The summed E-state index contributed by atoms with van der Waals surface area (Å²) in [6.07, 6.45) is 4.41. The van der Waals surface area contributed by atoms with Crippen molar-refractivity contribution in [3.8, 4) is 17.3 Å². The molecule has 1 aliphatic rings. The summed E-state index contributed by atoms with van der Waals surface area (Å²) in [5.41, 5.74) is 3.66. The average molecular weight is 510 g/mol. The van der Waals surface area contributed by atoms with E-state index in [9.17, 15) is 14.4 Å². The first-order valence-electron chi connectivity index (χ1n) is 11.6. The molecule has 0 saturated carbocycles. The highest BCUT2D eigenvalue weighted by molar-refractivity contribution is 7.16. The number of allylic oxidation sites excluding steroid dienone is 1. The van der Waals surface area contributed by atoms with Gasteiger partial charge in [0.25, 0.3) is 0 Å². The third kappa shape index (κ3) is 5.47. The third-order valence-electron chi connectivity index (χ3n) is 6.31. The van der Waals surface area contributed by atoms with Crippen LogP contribution in [0.5, 0.6) is 0 Å². The number of thiophene rings is 1. The van der Waals surface area contributed by atoms with Gasteiger partial charge in [0.1, 0.15) is 27.5 Å². The van der Waals surface area contributed by atoms with E-state index in [-0.39, 0.29) is 17.2 Å². The maximum Gasteiger partial charge on any atom is 0.341 e. The SMILES string of the molecule is CCOC(=O)c1c(N/C=C(/C#N)c2nc(-c3ccc(F)cc3)cs2)sc2c1CC[C@H](C(C)(C)C)C2. The van der Waals surface area contributed by atoms with Gasteiger partial charge in [-0.15, -0.1) is 22.7 Å². The van der Waals surface area contributed by atoms with Gasteiger partial charge >= 0.3 is 5.97 Å². The van der Waals surface area contributed by atoms with Gasteiger partial charge in [-0.25, -0.2) is 14.2 Å². The highest BCUT2D eigenvalue weighted by atomic mass is 32.1. The molecule has 4 rings (SSSR count). The van der Waals surface area contributed by atoms with Crippen molar-refractivity contribution in [2.75, 3.05) is 11.9 Å². The van der Waals surface area contributed by atoms with E-state index in [0.717, 1.165) is 30.4 Å². The average Bonchev–Trinajstić information content (AvgIpc) is 3.44. The van der Waals surface area contributed by atoms with Crippen LogP contribution in [0, 0.1) is 28.5 Å². The lowest BCUT2D eigenvalue weighted by molar-refractivity contribution is 0.0526. The van der Waals surface area contributed by atoms with Gasteiger partial charge < -0.3 is 10.1 Å². The van der Waals surface area contributed by atoms with E-state index >= 15 is 0 Å². The van der Waals surface area contributed by atoms with E-state index in [1.807, 2.05) is 5.38 Å². The molecule has 182 valence electrons. The van der Waals surface area contributed by atoms with Crippen LogP contribution in [0.2, 0.25) is 0 Å². The number of benzene rings is 1. The Balaban J connectivity index is 1.63. The van der Waals surface area contributed by atoms with E-state index in [4.69, 9.17) is 4.74 Å². The van der Waals surface area contributed by atoms with Crippen molar-refractivity contribution in [1.29, 1.82) is 5.26 Å². The fourth-order valence-electron chi connectivity index (χ4n) is 4.28. The van der Waals surface area contributed by atoms with Crippen LogP contribution < -0.4 is 5.32 Å². The second-order valence-corrected chi connectivity index (χ2v) is 11.6. The predicted molar refractivity (Wildman–Crippen MR) is 140 cm³/mol. The highest BCUT2D eigenvalue weighted by Gasteiger charge is 2.34. The molecule has 0 bridgehead atoms. The van der Waals surface area contributed by atoms with E-state index in [2.05, 4.69) is 37.1 Å². The molecular weight excluding hydrogens is 481 g/mol. The fraction of sp³-hybridized carbons (Fsp3) is 0.370. The van der Waals surface area contributed by atoms with Crippen molar-refractivity contribution in [3.05, 3.63) is 62.7 Å². The zero-order chi connectivity index (χ0) is 25.2. The molecule has 0 aliphatic heterocycles. The minimum Gasteiger partial charge on any atom is -0.462 e. The number of nitrogens with one attached hydrogen (secondary N) is 1. The van der Waals surface area contributed by atoms with Gasteiger partial charge in [0.15, 0.2) is 0 Å². The summed E-state index contributed by atoms with van der Waals surface area (Å²) in [5, 5.41) is 16.1. The molecule has 1 atom stereocenters. The van der Waals surface area contributed by atoms with Crippen LogP contribution in [0.25, 0.3) is 16.8 Å². The molecule has 1 aliphatic carbocycles. The Morgan fingerprint density at radius 3 is 2.74 bits per heavy atom. The van der Waals surface area contributed by atoms with Gasteiger partial charge in [0.2, 0.25) is 0 Å². The Morgan fingerprint density at radius 2 is 2.09 bits per heavy atom. The molecule has 8 heteroatoms. The van der Waals surface area contributed by atoms with Crippen molar-refractivity contribution in [2.45, 2.75) is 47.0 Å². The number of fused-ring (bicyclic) bond motifs is 1. The zero-order valence-electron chi connectivity index (χ0n) is 20.3. The van der Waals surface area contributed by atoms with Crippen LogP contribution in [-0.4, -0.2) is 17.6 Å². The fourth-order valence-corrected chi connectivity index (χ4v) is 6.36. The smallest absolute Gasteiger partial charge is 0.341 e. The predicted octanol–water partition coefficient (Wildman–Crippen LogP) is 7.31.